The SMILES string of the molecule is COc1ccccc1N1CCN(CC(O)COCCOc2ccc(C(C)(C)C)cc2)CC1.Cl.Cl. The summed E-state index contributed by atoms with van der Waals surface area (Å²) in [7, 11) is 1.71. The van der Waals surface area contributed by atoms with Crippen molar-refractivity contribution >= 4 is 30.5 Å². The molecule has 1 unspecified atom stereocenters. The van der Waals surface area contributed by atoms with Crippen molar-refractivity contribution in [2.75, 3.05) is 64.6 Å². The van der Waals surface area contributed by atoms with Gasteiger partial charge in [-0.15, -0.1) is 24.8 Å². The molecule has 0 aliphatic carbocycles. The maximum atomic E-state index is 10.3. The van der Waals surface area contributed by atoms with Gasteiger partial charge in [0.25, 0.3) is 0 Å². The highest BCUT2D eigenvalue weighted by atomic mass is 35.5. The van der Waals surface area contributed by atoms with Gasteiger partial charge in [-0.25, -0.2) is 0 Å². The number of methoxy groups -OCH3 is 1. The van der Waals surface area contributed by atoms with Crippen LogP contribution in [0, 0.1) is 0 Å². The van der Waals surface area contributed by atoms with Gasteiger partial charge in [-0.3, -0.25) is 4.90 Å². The number of anilines is 1. The fourth-order valence-corrected chi connectivity index (χ4v) is 3.90. The largest absolute Gasteiger partial charge is 0.495 e. The van der Waals surface area contributed by atoms with Crippen molar-refractivity contribution in [1.82, 2.24) is 4.90 Å². The van der Waals surface area contributed by atoms with Gasteiger partial charge < -0.3 is 24.2 Å². The molecule has 2 aromatic rings. The van der Waals surface area contributed by atoms with Crippen molar-refractivity contribution in [3.63, 3.8) is 0 Å². The summed E-state index contributed by atoms with van der Waals surface area (Å²) >= 11 is 0. The van der Waals surface area contributed by atoms with Crippen LogP contribution >= 0.6 is 24.8 Å². The van der Waals surface area contributed by atoms with Crippen LogP contribution in [0.5, 0.6) is 11.5 Å². The zero-order chi connectivity index (χ0) is 23.0. The Bertz CT molecular complexity index is 822. The number of para-hydroxylation sites is 2. The molecule has 1 fully saturated rings. The first-order chi connectivity index (χ1) is 15.4. The Morgan fingerprint density at radius 3 is 2.18 bits per heavy atom. The van der Waals surface area contributed by atoms with E-state index in [2.05, 4.69) is 48.8 Å². The zero-order valence-electron chi connectivity index (χ0n) is 20.7. The topological polar surface area (TPSA) is 54.4 Å². The molecule has 1 atom stereocenters. The molecule has 3 rings (SSSR count). The first-order valence-corrected chi connectivity index (χ1v) is 11.5. The molecule has 0 saturated carbocycles. The fraction of sp³-hybridized carbons (Fsp3) is 0.538. The number of aliphatic hydroxyl groups excluding tert-OH is 1. The number of hydrogen-bond donors (Lipinski definition) is 1. The van der Waals surface area contributed by atoms with E-state index in [1.54, 1.807) is 7.11 Å². The maximum Gasteiger partial charge on any atom is 0.142 e. The maximum absolute atomic E-state index is 10.3. The summed E-state index contributed by atoms with van der Waals surface area (Å²) in [6.07, 6.45) is -0.501. The van der Waals surface area contributed by atoms with Crippen molar-refractivity contribution in [1.29, 1.82) is 0 Å². The number of nitrogens with zero attached hydrogens (tertiary/aromatic N) is 2. The zero-order valence-corrected chi connectivity index (χ0v) is 22.4. The smallest absolute Gasteiger partial charge is 0.142 e. The molecule has 0 aromatic heterocycles. The van der Waals surface area contributed by atoms with Crippen molar-refractivity contribution in [2.45, 2.75) is 32.3 Å². The van der Waals surface area contributed by atoms with Gasteiger partial charge in [-0.2, -0.15) is 0 Å². The monoisotopic (exact) mass is 514 g/mol. The number of piperazine rings is 1. The van der Waals surface area contributed by atoms with Crippen LogP contribution in [0.15, 0.2) is 48.5 Å². The number of benzene rings is 2. The van der Waals surface area contributed by atoms with E-state index in [1.807, 2.05) is 30.3 Å². The van der Waals surface area contributed by atoms with Gasteiger partial charge in [0, 0.05) is 32.7 Å². The van der Waals surface area contributed by atoms with Crippen LogP contribution in [0.4, 0.5) is 5.69 Å². The second-order valence-corrected chi connectivity index (χ2v) is 9.31. The van der Waals surface area contributed by atoms with Crippen molar-refractivity contribution in [3.8, 4) is 11.5 Å². The summed E-state index contributed by atoms with van der Waals surface area (Å²) < 4.78 is 16.9. The molecule has 192 valence electrons. The summed E-state index contributed by atoms with van der Waals surface area (Å²) in [4.78, 5) is 4.62. The molecule has 8 heteroatoms. The highest BCUT2D eigenvalue weighted by Gasteiger charge is 2.21. The standard InChI is InChI=1S/C26H38N2O4.2ClH/c1-26(2,3)21-9-11-23(12-10-21)32-18-17-31-20-22(29)19-27-13-15-28(16-14-27)24-7-5-6-8-25(24)30-4;;/h5-12,22,29H,13-20H2,1-4H3;2*1H. The summed E-state index contributed by atoms with van der Waals surface area (Å²) in [5, 5.41) is 10.3. The second-order valence-electron chi connectivity index (χ2n) is 9.31. The molecule has 1 saturated heterocycles. The highest BCUT2D eigenvalue weighted by Crippen LogP contribution is 2.28. The predicted molar refractivity (Wildman–Crippen MR) is 144 cm³/mol. The van der Waals surface area contributed by atoms with Gasteiger partial charge in [0.05, 0.1) is 32.1 Å². The predicted octanol–water partition coefficient (Wildman–Crippen LogP) is 4.41. The van der Waals surface area contributed by atoms with Gasteiger partial charge in [-0.05, 0) is 35.2 Å². The van der Waals surface area contributed by atoms with E-state index in [-0.39, 0.29) is 30.2 Å². The summed E-state index contributed by atoms with van der Waals surface area (Å²) in [6, 6.07) is 16.3. The Balaban J connectivity index is 0.00000289. The molecule has 1 aliphatic heterocycles. The first-order valence-electron chi connectivity index (χ1n) is 11.5. The Labute approximate surface area is 217 Å². The number of hydrogen-bond acceptors (Lipinski definition) is 6. The lowest BCUT2D eigenvalue weighted by Gasteiger charge is -2.37. The van der Waals surface area contributed by atoms with E-state index >= 15 is 0 Å². The van der Waals surface area contributed by atoms with E-state index in [0.717, 1.165) is 43.4 Å². The lowest BCUT2D eigenvalue weighted by molar-refractivity contribution is 0.00717. The number of rotatable bonds is 10. The van der Waals surface area contributed by atoms with Gasteiger partial charge in [-0.1, -0.05) is 45.0 Å². The lowest BCUT2D eigenvalue weighted by Crippen LogP contribution is -2.49. The number of halogens is 2. The quantitative estimate of drug-likeness (QED) is 0.473. The van der Waals surface area contributed by atoms with Gasteiger partial charge in [0.1, 0.15) is 18.1 Å². The molecule has 34 heavy (non-hydrogen) atoms. The van der Waals surface area contributed by atoms with E-state index in [9.17, 15) is 5.11 Å². The second kappa shape index (κ2) is 14.6. The third-order valence-corrected chi connectivity index (χ3v) is 5.79. The summed E-state index contributed by atoms with van der Waals surface area (Å²) in [6.45, 7) is 12.1. The third kappa shape index (κ3) is 9.16. The van der Waals surface area contributed by atoms with Crippen LogP contribution < -0.4 is 14.4 Å². The highest BCUT2D eigenvalue weighted by molar-refractivity contribution is 5.85. The average Bonchev–Trinajstić information content (AvgIpc) is 2.79. The number of β-amino-alcohol motifs (C(OH)–C–C–N with tert-alkyl or cyclic N) is 1. The van der Waals surface area contributed by atoms with Crippen LogP contribution in [0.2, 0.25) is 0 Å². The minimum atomic E-state index is -0.501. The van der Waals surface area contributed by atoms with Crippen LogP contribution in [0.1, 0.15) is 26.3 Å². The molecule has 0 radical (unpaired) electrons. The lowest BCUT2D eigenvalue weighted by atomic mass is 9.87. The molecule has 6 nitrogen and oxygen atoms in total. The Kier molecular flexibility index (Phi) is 13.1. The molecule has 0 spiro atoms. The summed E-state index contributed by atoms with van der Waals surface area (Å²) in [5.41, 5.74) is 2.55. The first kappa shape index (κ1) is 30.3. The normalized spacial score (nSPS) is 15.1. The van der Waals surface area contributed by atoms with Crippen molar-refractivity contribution in [2.24, 2.45) is 0 Å². The Hall–Kier alpha value is -1.70. The Morgan fingerprint density at radius 1 is 0.912 bits per heavy atom. The van der Waals surface area contributed by atoms with Crippen LogP contribution in [0.25, 0.3) is 0 Å². The van der Waals surface area contributed by atoms with Crippen LogP contribution in [0.3, 0.4) is 0 Å². The van der Waals surface area contributed by atoms with Crippen molar-refractivity contribution in [3.05, 3.63) is 54.1 Å². The van der Waals surface area contributed by atoms with Gasteiger partial charge in [0.2, 0.25) is 0 Å². The average molecular weight is 516 g/mol. The molecule has 2 aromatic carbocycles. The van der Waals surface area contributed by atoms with E-state index < -0.39 is 6.10 Å². The van der Waals surface area contributed by atoms with Crippen molar-refractivity contribution < 1.29 is 19.3 Å². The minimum absolute atomic E-state index is 0. The van der Waals surface area contributed by atoms with E-state index in [0.29, 0.717) is 26.4 Å². The van der Waals surface area contributed by atoms with E-state index in [4.69, 9.17) is 14.2 Å². The number of aliphatic hydroxyl groups is 1. The van der Waals surface area contributed by atoms with Crippen LogP contribution in [-0.2, 0) is 10.2 Å². The molecule has 1 aliphatic rings. The van der Waals surface area contributed by atoms with E-state index in [1.165, 1.54) is 5.56 Å². The summed E-state index contributed by atoms with van der Waals surface area (Å²) in [5.74, 6) is 1.75. The molecule has 0 bridgehead atoms. The molecular weight excluding hydrogens is 475 g/mol. The fourth-order valence-electron chi connectivity index (χ4n) is 3.90. The molecular formula is C26H40Cl2N2O4. The molecule has 1 heterocycles. The minimum Gasteiger partial charge on any atom is -0.495 e. The van der Waals surface area contributed by atoms with Gasteiger partial charge in [0.15, 0.2) is 0 Å². The number of ether oxygens (including phenoxy) is 3. The molecule has 1 N–H and O–H groups in total. The van der Waals surface area contributed by atoms with Crippen LogP contribution in [-0.4, -0.2) is 75.8 Å². The molecule has 0 amide bonds. The Morgan fingerprint density at radius 2 is 1.56 bits per heavy atom. The van der Waals surface area contributed by atoms with Gasteiger partial charge >= 0.3 is 0 Å². The third-order valence-electron chi connectivity index (χ3n) is 5.79.